The van der Waals surface area contributed by atoms with Crippen LogP contribution in [-0.2, 0) is 6.54 Å². The second-order valence-corrected chi connectivity index (χ2v) is 6.10. The van der Waals surface area contributed by atoms with E-state index in [1.54, 1.807) is 19.5 Å². The Morgan fingerprint density at radius 2 is 2.00 bits per heavy atom. The van der Waals surface area contributed by atoms with E-state index in [0.717, 1.165) is 33.1 Å². The molecule has 24 heavy (non-hydrogen) atoms. The van der Waals surface area contributed by atoms with Gasteiger partial charge in [-0.3, -0.25) is 9.67 Å². The summed E-state index contributed by atoms with van der Waals surface area (Å²) in [6, 6.07) is 9.99. The molecule has 0 aliphatic heterocycles. The summed E-state index contributed by atoms with van der Waals surface area (Å²) in [5.74, 6) is 0.594. The van der Waals surface area contributed by atoms with E-state index in [0.29, 0.717) is 17.4 Å². The molecule has 0 saturated carbocycles. The molecule has 4 aromatic rings. The minimum Gasteiger partial charge on any atom is -0.481 e. The number of halogens is 1. The van der Waals surface area contributed by atoms with Crippen LogP contribution in [-0.4, -0.2) is 26.9 Å². The predicted molar refractivity (Wildman–Crippen MR) is 94.7 cm³/mol. The van der Waals surface area contributed by atoms with Gasteiger partial charge in [-0.25, -0.2) is 4.98 Å². The molecule has 0 saturated heterocycles. The van der Waals surface area contributed by atoms with Gasteiger partial charge in [-0.1, -0.05) is 17.7 Å². The van der Waals surface area contributed by atoms with Crippen LogP contribution in [0.2, 0.25) is 5.02 Å². The van der Waals surface area contributed by atoms with Crippen LogP contribution < -0.4 is 4.74 Å². The fourth-order valence-electron chi connectivity index (χ4n) is 2.87. The van der Waals surface area contributed by atoms with Gasteiger partial charge < -0.3 is 4.74 Å². The van der Waals surface area contributed by atoms with Gasteiger partial charge in [-0.05, 0) is 30.7 Å². The van der Waals surface area contributed by atoms with Crippen molar-refractivity contribution < 1.29 is 4.74 Å². The van der Waals surface area contributed by atoms with Gasteiger partial charge in [-0.2, -0.15) is 5.10 Å². The fourth-order valence-corrected chi connectivity index (χ4v) is 3.04. The minimum atomic E-state index is 0.594. The van der Waals surface area contributed by atoms with E-state index in [1.165, 1.54) is 0 Å². The number of aromatic nitrogens is 4. The summed E-state index contributed by atoms with van der Waals surface area (Å²) in [7, 11) is 1.61. The Kier molecular flexibility index (Phi) is 3.58. The summed E-state index contributed by atoms with van der Waals surface area (Å²) in [6.45, 7) is 2.64. The molecule has 0 aliphatic carbocycles. The average molecular weight is 339 g/mol. The summed E-state index contributed by atoms with van der Waals surface area (Å²) >= 11 is 6.04. The molecular weight excluding hydrogens is 324 g/mol. The topological polar surface area (TPSA) is 52.8 Å². The maximum absolute atomic E-state index is 6.04. The standard InChI is InChI=1S/C18H15ClN4O/c1-11-15-7-18(24-2)21-9-17(15)23(22-11)10-12-3-4-16-13(5-12)6-14(19)8-20-16/h3-9H,10H2,1-2H3. The Balaban J connectivity index is 1.76. The number of nitrogens with zero attached hydrogens (tertiary/aromatic N) is 4. The van der Waals surface area contributed by atoms with Crippen molar-refractivity contribution in [3.63, 3.8) is 0 Å². The summed E-state index contributed by atoms with van der Waals surface area (Å²) in [5.41, 5.74) is 4.00. The second kappa shape index (κ2) is 5.76. The zero-order valence-corrected chi connectivity index (χ0v) is 14.1. The molecule has 0 N–H and O–H groups in total. The van der Waals surface area contributed by atoms with Crippen LogP contribution in [0.3, 0.4) is 0 Å². The van der Waals surface area contributed by atoms with Gasteiger partial charge in [0.2, 0.25) is 5.88 Å². The lowest BCUT2D eigenvalue weighted by Gasteiger charge is -2.06. The molecule has 0 amide bonds. The Labute approximate surface area is 143 Å². The highest BCUT2D eigenvalue weighted by atomic mass is 35.5. The fraction of sp³-hybridized carbons (Fsp3) is 0.167. The molecule has 0 atom stereocenters. The number of fused-ring (bicyclic) bond motifs is 2. The first-order valence-electron chi connectivity index (χ1n) is 7.55. The number of methoxy groups -OCH3 is 1. The smallest absolute Gasteiger partial charge is 0.213 e. The quantitative estimate of drug-likeness (QED) is 0.566. The molecule has 0 fully saturated rings. The molecule has 0 radical (unpaired) electrons. The van der Waals surface area contributed by atoms with Gasteiger partial charge in [0.05, 0.1) is 41.6 Å². The van der Waals surface area contributed by atoms with Crippen LogP contribution in [0.15, 0.2) is 42.7 Å². The van der Waals surface area contributed by atoms with Crippen molar-refractivity contribution in [1.29, 1.82) is 0 Å². The molecule has 0 spiro atoms. The molecule has 5 nitrogen and oxygen atoms in total. The van der Waals surface area contributed by atoms with E-state index < -0.39 is 0 Å². The van der Waals surface area contributed by atoms with E-state index in [9.17, 15) is 0 Å². The Morgan fingerprint density at radius 3 is 2.83 bits per heavy atom. The molecule has 0 aliphatic rings. The van der Waals surface area contributed by atoms with Crippen LogP contribution in [0.1, 0.15) is 11.3 Å². The number of hydrogen-bond acceptors (Lipinski definition) is 4. The molecule has 3 aromatic heterocycles. The third-order valence-corrected chi connectivity index (χ3v) is 4.26. The molecule has 3 heterocycles. The molecule has 4 rings (SSSR count). The van der Waals surface area contributed by atoms with Crippen molar-refractivity contribution in [2.75, 3.05) is 7.11 Å². The van der Waals surface area contributed by atoms with Crippen LogP contribution in [0, 0.1) is 6.92 Å². The molecule has 6 heteroatoms. The summed E-state index contributed by atoms with van der Waals surface area (Å²) in [5, 5.41) is 7.34. The van der Waals surface area contributed by atoms with E-state index in [1.807, 2.05) is 29.8 Å². The first-order chi connectivity index (χ1) is 11.6. The Morgan fingerprint density at radius 1 is 1.12 bits per heavy atom. The van der Waals surface area contributed by atoms with Gasteiger partial charge >= 0.3 is 0 Å². The van der Waals surface area contributed by atoms with Crippen molar-refractivity contribution in [2.24, 2.45) is 0 Å². The summed E-state index contributed by atoms with van der Waals surface area (Å²) in [6.07, 6.45) is 3.46. The van der Waals surface area contributed by atoms with Crippen molar-refractivity contribution in [3.05, 3.63) is 59.0 Å². The van der Waals surface area contributed by atoms with E-state index in [2.05, 4.69) is 27.2 Å². The predicted octanol–water partition coefficient (Wildman–Crippen LogP) is 4.00. The zero-order chi connectivity index (χ0) is 16.7. The van der Waals surface area contributed by atoms with Crippen LogP contribution in [0.5, 0.6) is 5.88 Å². The number of rotatable bonds is 3. The van der Waals surface area contributed by atoms with Gasteiger partial charge in [-0.15, -0.1) is 0 Å². The normalized spacial score (nSPS) is 11.3. The first-order valence-corrected chi connectivity index (χ1v) is 7.93. The second-order valence-electron chi connectivity index (χ2n) is 5.67. The van der Waals surface area contributed by atoms with Crippen LogP contribution in [0.4, 0.5) is 0 Å². The number of ether oxygens (including phenoxy) is 1. The summed E-state index contributed by atoms with van der Waals surface area (Å²) < 4.78 is 7.15. The lowest BCUT2D eigenvalue weighted by atomic mass is 10.1. The number of pyridine rings is 2. The van der Waals surface area contributed by atoms with Gasteiger partial charge in [0.25, 0.3) is 0 Å². The van der Waals surface area contributed by atoms with Crippen molar-refractivity contribution in [1.82, 2.24) is 19.7 Å². The van der Waals surface area contributed by atoms with E-state index in [4.69, 9.17) is 16.3 Å². The van der Waals surface area contributed by atoms with Gasteiger partial charge in [0, 0.05) is 23.0 Å². The molecular formula is C18H15ClN4O. The van der Waals surface area contributed by atoms with Crippen molar-refractivity contribution >= 4 is 33.4 Å². The van der Waals surface area contributed by atoms with Crippen molar-refractivity contribution in [3.8, 4) is 5.88 Å². The third kappa shape index (κ3) is 2.57. The molecule has 0 bridgehead atoms. The van der Waals surface area contributed by atoms with Gasteiger partial charge in [0.1, 0.15) is 0 Å². The number of hydrogen-bond donors (Lipinski definition) is 0. The summed E-state index contributed by atoms with van der Waals surface area (Å²) in [4.78, 5) is 8.62. The highest BCUT2D eigenvalue weighted by Gasteiger charge is 2.10. The maximum Gasteiger partial charge on any atom is 0.213 e. The highest BCUT2D eigenvalue weighted by Crippen LogP contribution is 2.23. The van der Waals surface area contributed by atoms with Gasteiger partial charge in [0.15, 0.2) is 0 Å². The molecule has 120 valence electrons. The van der Waals surface area contributed by atoms with E-state index >= 15 is 0 Å². The third-order valence-electron chi connectivity index (χ3n) is 4.05. The highest BCUT2D eigenvalue weighted by molar-refractivity contribution is 6.31. The lowest BCUT2D eigenvalue weighted by molar-refractivity contribution is 0.398. The SMILES string of the molecule is COc1cc2c(C)nn(Cc3ccc4ncc(Cl)cc4c3)c2cn1. The average Bonchev–Trinajstić information content (AvgIpc) is 2.90. The zero-order valence-electron chi connectivity index (χ0n) is 13.3. The van der Waals surface area contributed by atoms with Crippen molar-refractivity contribution in [2.45, 2.75) is 13.5 Å². The Bertz CT molecular complexity index is 1060. The Hall–Kier alpha value is -2.66. The number of benzene rings is 1. The minimum absolute atomic E-state index is 0.594. The van der Waals surface area contributed by atoms with E-state index in [-0.39, 0.29) is 0 Å². The first kappa shape index (κ1) is 14.9. The van der Waals surface area contributed by atoms with Crippen LogP contribution >= 0.6 is 11.6 Å². The van der Waals surface area contributed by atoms with Crippen LogP contribution in [0.25, 0.3) is 21.8 Å². The maximum atomic E-state index is 6.04. The monoisotopic (exact) mass is 338 g/mol. The molecule has 1 aromatic carbocycles. The molecule has 0 unspecified atom stereocenters. The lowest BCUT2D eigenvalue weighted by Crippen LogP contribution is -2.02. The number of aryl methyl sites for hydroxylation is 1. The largest absolute Gasteiger partial charge is 0.481 e.